The van der Waals surface area contributed by atoms with Crippen molar-refractivity contribution in [3.8, 4) is 0 Å². The van der Waals surface area contributed by atoms with Crippen molar-refractivity contribution in [1.29, 1.82) is 0 Å². The van der Waals surface area contributed by atoms with Crippen LogP contribution in [0.15, 0.2) is 23.1 Å². The van der Waals surface area contributed by atoms with Gasteiger partial charge in [0, 0.05) is 6.04 Å². The van der Waals surface area contributed by atoms with Crippen LogP contribution in [0.5, 0.6) is 0 Å². The number of aryl methyl sites for hydroxylation is 1. The van der Waals surface area contributed by atoms with Gasteiger partial charge in [-0.3, -0.25) is 0 Å². The smallest absolute Gasteiger partial charge is 0.330 e. The molecule has 0 radical (unpaired) electrons. The quantitative estimate of drug-likeness (QED) is 0.853. The zero-order valence-electron chi connectivity index (χ0n) is 12.6. The molecule has 0 spiro atoms. The third kappa shape index (κ3) is 4.59. The number of sulfonamides is 1. The Morgan fingerprint density at radius 2 is 1.96 bits per heavy atom. The number of alkyl halides is 3. The normalized spacial score (nSPS) is 22.0. The fourth-order valence-corrected chi connectivity index (χ4v) is 4.41. The second kappa shape index (κ2) is 7.38. The van der Waals surface area contributed by atoms with E-state index in [1.807, 2.05) is 0 Å². The van der Waals surface area contributed by atoms with Gasteiger partial charge in [-0.1, -0.05) is 12.5 Å². The molecule has 2 atom stereocenters. The monoisotopic (exact) mass is 372 g/mol. The maximum atomic E-state index is 12.8. The van der Waals surface area contributed by atoms with Crippen LogP contribution in [0.25, 0.3) is 0 Å². The second-order valence-corrected chi connectivity index (χ2v) is 7.31. The van der Waals surface area contributed by atoms with Crippen LogP contribution in [0.1, 0.15) is 30.4 Å². The number of nitrogens with one attached hydrogen (secondary N) is 1. The molecule has 23 heavy (non-hydrogen) atoms. The van der Waals surface area contributed by atoms with E-state index in [-0.39, 0.29) is 34.8 Å². The van der Waals surface area contributed by atoms with E-state index in [4.69, 9.17) is 5.73 Å². The Hall–Kier alpha value is -0.830. The number of benzene rings is 1. The summed E-state index contributed by atoms with van der Waals surface area (Å²) in [5.41, 5.74) is 4.92. The first-order valence-electron chi connectivity index (χ1n) is 7.05. The highest BCUT2D eigenvalue weighted by Crippen LogP contribution is 2.32. The van der Waals surface area contributed by atoms with Crippen LogP contribution >= 0.6 is 12.4 Å². The predicted molar refractivity (Wildman–Crippen MR) is 83.9 cm³/mol. The molecule has 4 nitrogen and oxygen atoms in total. The zero-order valence-corrected chi connectivity index (χ0v) is 14.2. The van der Waals surface area contributed by atoms with Crippen molar-refractivity contribution in [3.63, 3.8) is 0 Å². The molecule has 1 fully saturated rings. The molecule has 0 aromatic heterocycles. The van der Waals surface area contributed by atoms with E-state index >= 15 is 0 Å². The number of nitrogens with two attached hydrogens (primary N) is 1. The maximum Gasteiger partial charge on any atom is 0.416 e. The molecule has 0 aliphatic heterocycles. The first-order chi connectivity index (χ1) is 10.1. The van der Waals surface area contributed by atoms with Crippen LogP contribution in [0.2, 0.25) is 0 Å². The third-order valence-electron chi connectivity index (χ3n) is 4.07. The van der Waals surface area contributed by atoms with Gasteiger partial charge in [-0.2, -0.15) is 13.2 Å². The Labute approximate surface area is 140 Å². The van der Waals surface area contributed by atoms with Crippen LogP contribution < -0.4 is 10.5 Å². The Bertz CT molecular complexity index is 650. The lowest BCUT2D eigenvalue weighted by atomic mass is 10.1. The summed E-state index contributed by atoms with van der Waals surface area (Å²) in [7, 11) is -4.01. The minimum absolute atomic E-state index is 0. The molecular formula is C14H20ClF3N2O2S. The largest absolute Gasteiger partial charge is 0.416 e. The standard InChI is InChI=1S/C14H19F3N2O2S.ClH/c1-9-5-6-11(14(15,16)17)7-13(9)22(20,21)19-12-4-2-3-10(12)8-18;/h5-7,10,12,19H,2-4,8,18H2,1H3;1H. The molecule has 0 bridgehead atoms. The molecule has 0 amide bonds. The molecule has 9 heteroatoms. The second-order valence-electron chi connectivity index (χ2n) is 5.63. The van der Waals surface area contributed by atoms with E-state index in [1.54, 1.807) is 0 Å². The van der Waals surface area contributed by atoms with Crippen LogP contribution in [0.4, 0.5) is 13.2 Å². The van der Waals surface area contributed by atoms with Crippen molar-refractivity contribution >= 4 is 22.4 Å². The highest BCUT2D eigenvalue weighted by Gasteiger charge is 2.34. The SMILES string of the molecule is Cc1ccc(C(F)(F)F)cc1S(=O)(=O)NC1CCCC1CN.Cl. The average molecular weight is 373 g/mol. The van der Waals surface area contributed by atoms with Crippen molar-refractivity contribution in [2.24, 2.45) is 11.7 Å². The molecule has 2 unspecified atom stereocenters. The van der Waals surface area contributed by atoms with Crippen molar-refractivity contribution in [2.75, 3.05) is 6.54 Å². The van der Waals surface area contributed by atoms with Gasteiger partial charge in [0.2, 0.25) is 10.0 Å². The molecule has 0 heterocycles. The number of hydrogen-bond donors (Lipinski definition) is 2. The summed E-state index contributed by atoms with van der Waals surface area (Å²) in [5, 5.41) is 0. The van der Waals surface area contributed by atoms with Gasteiger partial charge in [-0.15, -0.1) is 12.4 Å². The van der Waals surface area contributed by atoms with Crippen molar-refractivity contribution < 1.29 is 21.6 Å². The molecule has 2 rings (SSSR count). The molecule has 3 N–H and O–H groups in total. The molecule has 1 aromatic rings. The Kier molecular flexibility index (Phi) is 6.48. The Morgan fingerprint density at radius 1 is 1.30 bits per heavy atom. The highest BCUT2D eigenvalue weighted by atomic mass is 35.5. The van der Waals surface area contributed by atoms with E-state index in [1.165, 1.54) is 13.0 Å². The molecular weight excluding hydrogens is 353 g/mol. The van der Waals surface area contributed by atoms with E-state index in [9.17, 15) is 21.6 Å². The Balaban J connectivity index is 0.00000264. The Morgan fingerprint density at radius 3 is 2.52 bits per heavy atom. The third-order valence-corrected chi connectivity index (χ3v) is 5.71. The summed E-state index contributed by atoms with van der Waals surface area (Å²) < 4.78 is 65.7. The van der Waals surface area contributed by atoms with Crippen LogP contribution in [-0.4, -0.2) is 21.0 Å². The van der Waals surface area contributed by atoms with E-state index < -0.39 is 21.8 Å². The summed E-state index contributed by atoms with van der Waals surface area (Å²) >= 11 is 0. The first kappa shape index (κ1) is 20.2. The van der Waals surface area contributed by atoms with Gasteiger partial charge >= 0.3 is 6.18 Å². The van der Waals surface area contributed by atoms with Crippen molar-refractivity contribution in [2.45, 2.75) is 43.3 Å². The summed E-state index contributed by atoms with van der Waals surface area (Å²) in [4.78, 5) is -0.329. The van der Waals surface area contributed by atoms with Gasteiger partial charge in [-0.25, -0.2) is 13.1 Å². The molecule has 0 saturated heterocycles. The fraction of sp³-hybridized carbons (Fsp3) is 0.571. The molecule has 1 aromatic carbocycles. The molecule has 1 aliphatic rings. The average Bonchev–Trinajstić information content (AvgIpc) is 2.84. The van der Waals surface area contributed by atoms with Crippen molar-refractivity contribution in [1.82, 2.24) is 4.72 Å². The minimum atomic E-state index is -4.58. The lowest BCUT2D eigenvalue weighted by molar-refractivity contribution is -0.137. The zero-order chi connectivity index (χ0) is 16.5. The van der Waals surface area contributed by atoms with E-state index in [0.29, 0.717) is 19.0 Å². The lowest BCUT2D eigenvalue weighted by Crippen LogP contribution is -2.40. The highest BCUT2D eigenvalue weighted by molar-refractivity contribution is 7.89. The predicted octanol–water partition coefficient (Wildman–Crippen LogP) is 2.84. The van der Waals surface area contributed by atoms with Gasteiger partial charge in [0.25, 0.3) is 0 Å². The first-order valence-corrected chi connectivity index (χ1v) is 8.53. The molecule has 132 valence electrons. The number of hydrogen-bond acceptors (Lipinski definition) is 3. The van der Waals surface area contributed by atoms with E-state index in [0.717, 1.165) is 18.9 Å². The summed E-state index contributed by atoms with van der Waals surface area (Å²) in [5.74, 6) is 0.0286. The summed E-state index contributed by atoms with van der Waals surface area (Å²) in [6.45, 7) is 1.83. The fourth-order valence-electron chi connectivity index (χ4n) is 2.80. The molecule has 1 aliphatic carbocycles. The summed E-state index contributed by atoms with van der Waals surface area (Å²) in [6, 6.07) is 2.42. The minimum Gasteiger partial charge on any atom is -0.330 e. The van der Waals surface area contributed by atoms with Gasteiger partial charge in [0.1, 0.15) is 0 Å². The number of rotatable bonds is 4. The van der Waals surface area contributed by atoms with Crippen molar-refractivity contribution in [3.05, 3.63) is 29.3 Å². The van der Waals surface area contributed by atoms with Crippen LogP contribution in [0, 0.1) is 12.8 Å². The lowest BCUT2D eigenvalue weighted by Gasteiger charge is -2.20. The van der Waals surface area contributed by atoms with Crippen LogP contribution in [-0.2, 0) is 16.2 Å². The molecule has 1 saturated carbocycles. The van der Waals surface area contributed by atoms with Gasteiger partial charge < -0.3 is 5.73 Å². The van der Waals surface area contributed by atoms with E-state index in [2.05, 4.69) is 4.72 Å². The topological polar surface area (TPSA) is 72.2 Å². The summed E-state index contributed by atoms with van der Waals surface area (Å²) in [6.07, 6.45) is -2.24. The van der Waals surface area contributed by atoms with Gasteiger partial charge in [0.05, 0.1) is 10.5 Å². The maximum absolute atomic E-state index is 12.8. The van der Waals surface area contributed by atoms with Gasteiger partial charge in [-0.05, 0) is 49.9 Å². The van der Waals surface area contributed by atoms with Crippen LogP contribution in [0.3, 0.4) is 0 Å². The number of halogens is 4. The van der Waals surface area contributed by atoms with Gasteiger partial charge in [0.15, 0.2) is 0 Å².